The molecule has 1 atom stereocenters. The summed E-state index contributed by atoms with van der Waals surface area (Å²) in [7, 11) is -2.30. The van der Waals surface area contributed by atoms with E-state index in [2.05, 4.69) is 28.9 Å². The first-order valence-electron chi connectivity index (χ1n) is 4.27. The van der Waals surface area contributed by atoms with Gasteiger partial charge in [-0.2, -0.15) is 0 Å². The third kappa shape index (κ3) is 2.38. The quantitative estimate of drug-likeness (QED) is 0.561. The highest BCUT2D eigenvalue weighted by Crippen LogP contribution is 2.11. The molecule has 0 amide bonds. The molecule has 0 spiro atoms. The number of hydrogen-bond acceptors (Lipinski definition) is 3. The minimum Gasteiger partial charge on any atom is -0.330 e. The Hall–Kier alpha value is 0.314. The summed E-state index contributed by atoms with van der Waals surface area (Å²) in [5.74, 6) is 0. The number of nitrogens with zero attached hydrogens (tertiary/aromatic N) is 1. The van der Waals surface area contributed by atoms with E-state index in [1.807, 2.05) is 0 Å². The van der Waals surface area contributed by atoms with Crippen LogP contribution in [0.25, 0.3) is 0 Å². The Kier molecular flexibility index (Phi) is 2.87. The van der Waals surface area contributed by atoms with Crippen molar-refractivity contribution in [1.82, 2.24) is 9.21 Å². The summed E-state index contributed by atoms with van der Waals surface area (Å²) in [5, 5.41) is 6.05. The Balaban J connectivity index is 2.55. The van der Waals surface area contributed by atoms with Crippen molar-refractivity contribution >= 4 is 17.5 Å². The molecular formula is C6H19N3Si2. The summed E-state index contributed by atoms with van der Waals surface area (Å²) in [6.07, 6.45) is 1.27. The molecule has 0 radical (unpaired) electrons. The normalized spacial score (nSPS) is 28.9. The topological polar surface area (TPSA) is 41.3 Å². The lowest BCUT2D eigenvalue weighted by molar-refractivity contribution is 0.527. The van der Waals surface area contributed by atoms with E-state index in [1.54, 1.807) is 0 Å². The minimum absolute atomic E-state index is 1.11. The van der Waals surface area contributed by atoms with Gasteiger partial charge in [0, 0.05) is 0 Å². The van der Waals surface area contributed by atoms with Crippen LogP contribution < -0.4 is 10.4 Å². The van der Waals surface area contributed by atoms with Crippen molar-refractivity contribution in [2.75, 3.05) is 13.1 Å². The molecule has 0 aromatic heterocycles. The highest BCUT2D eigenvalue weighted by atomic mass is 28.4. The van der Waals surface area contributed by atoms with Crippen LogP contribution in [0.5, 0.6) is 0 Å². The summed E-state index contributed by atoms with van der Waals surface area (Å²) >= 11 is 0. The Morgan fingerprint density at radius 1 is 1.45 bits per heavy atom. The van der Waals surface area contributed by atoms with Crippen molar-refractivity contribution in [2.45, 2.75) is 26.1 Å². The lowest BCUT2D eigenvalue weighted by Crippen LogP contribution is -2.68. The van der Waals surface area contributed by atoms with Gasteiger partial charge < -0.3 is 14.6 Å². The van der Waals surface area contributed by atoms with Gasteiger partial charge in [0.25, 0.3) is 9.28 Å². The van der Waals surface area contributed by atoms with Crippen molar-refractivity contribution < 1.29 is 0 Å². The second-order valence-electron chi connectivity index (χ2n) is 4.12. The molecule has 1 unspecified atom stereocenters. The summed E-state index contributed by atoms with van der Waals surface area (Å²) in [6, 6.07) is 0. The SMILES string of the molecule is C[Si](C)(C)N1CCCN[SiH]1N. The van der Waals surface area contributed by atoms with Gasteiger partial charge in [0.2, 0.25) is 0 Å². The zero-order valence-electron chi connectivity index (χ0n) is 7.72. The molecule has 0 aromatic carbocycles. The fourth-order valence-corrected chi connectivity index (χ4v) is 7.12. The summed E-state index contributed by atoms with van der Waals surface area (Å²) in [4.78, 5) is 3.42. The Labute approximate surface area is 71.9 Å². The first kappa shape index (κ1) is 9.40. The Morgan fingerprint density at radius 2 is 2.09 bits per heavy atom. The molecule has 66 valence electrons. The first-order chi connectivity index (χ1) is 5.02. The van der Waals surface area contributed by atoms with Crippen molar-refractivity contribution in [3.63, 3.8) is 0 Å². The van der Waals surface area contributed by atoms with E-state index >= 15 is 0 Å². The van der Waals surface area contributed by atoms with Gasteiger partial charge in [-0.25, -0.2) is 0 Å². The third-order valence-corrected chi connectivity index (χ3v) is 8.87. The van der Waals surface area contributed by atoms with E-state index in [0.29, 0.717) is 0 Å². The van der Waals surface area contributed by atoms with Crippen LogP contribution in [0.3, 0.4) is 0 Å². The maximum absolute atomic E-state index is 6.05. The number of nitrogens with two attached hydrogens (primary N) is 1. The van der Waals surface area contributed by atoms with Gasteiger partial charge in [0.15, 0.2) is 0 Å². The molecule has 11 heavy (non-hydrogen) atoms. The van der Waals surface area contributed by atoms with E-state index < -0.39 is 17.5 Å². The monoisotopic (exact) mass is 189 g/mol. The van der Waals surface area contributed by atoms with Gasteiger partial charge in [0.05, 0.1) is 0 Å². The molecular weight excluding hydrogens is 170 g/mol. The average molecular weight is 189 g/mol. The van der Waals surface area contributed by atoms with Crippen molar-refractivity contribution in [2.24, 2.45) is 5.40 Å². The maximum Gasteiger partial charge on any atom is 0.257 e. The Bertz CT molecular complexity index is 134. The van der Waals surface area contributed by atoms with Gasteiger partial charge in [-0.05, 0) is 19.5 Å². The summed E-state index contributed by atoms with van der Waals surface area (Å²) in [5.41, 5.74) is 0. The third-order valence-electron chi connectivity index (χ3n) is 2.13. The number of hydrogen-bond donors (Lipinski definition) is 2. The molecule has 0 bridgehead atoms. The standard InChI is InChI=1S/C6H19N3Si2/c1-11(2,3)9-6-4-5-8-10(9)7/h8,10H,4-7H2,1-3H3. The van der Waals surface area contributed by atoms with Gasteiger partial charge in [-0.3, -0.25) is 0 Å². The lowest BCUT2D eigenvalue weighted by atomic mass is 10.4. The van der Waals surface area contributed by atoms with Gasteiger partial charge in [0.1, 0.15) is 8.24 Å². The maximum atomic E-state index is 6.05. The van der Waals surface area contributed by atoms with Gasteiger partial charge >= 0.3 is 0 Å². The molecule has 3 nitrogen and oxygen atoms in total. The van der Waals surface area contributed by atoms with E-state index in [0.717, 1.165) is 6.54 Å². The molecule has 1 saturated heterocycles. The van der Waals surface area contributed by atoms with Crippen LogP contribution in [-0.4, -0.2) is 34.8 Å². The lowest BCUT2D eigenvalue weighted by Gasteiger charge is -2.41. The van der Waals surface area contributed by atoms with Crippen LogP contribution in [-0.2, 0) is 0 Å². The molecule has 1 aliphatic heterocycles. The zero-order valence-corrected chi connectivity index (χ0v) is 9.88. The van der Waals surface area contributed by atoms with Crippen LogP contribution in [0.15, 0.2) is 0 Å². The van der Waals surface area contributed by atoms with Crippen LogP contribution in [0, 0.1) is 0 Å². The van der Waals surface area contributed by atoms with Crippen molar-refractivity contribution in [1.29, 1.82) is 0 Å². The number of nitrogens with one attached hydrogen (secondary N) is 1. The van der Waals surface area contributed by atoms with E-state index in [9.17, 15) is 0 Å². The second-order valence-corrected chi connectivity index (χ2v) is 11.5. The summed E-state index contributed by atoms with van der Waals surface area (Å²) in [6.45, 7) is 9.47. The molecule has 1 rings (SSSR count). The fraction of sp³-hybridized carbons (Fsp3) is 1.00. The van der Waals surface area contributed by atoms with Crippen LogP contribution >= 0.6 is 0 Å². The smallest absolute Gasteiger partial charge is 0.257 e. The predicted octanol–water partition coefficient (Wildman–Crippen LogP) is -0.207. The van der Waals surface area contributed by atoms with Gasteiger partial charge in [-0.1, -0.05) is 19.6 Å². The largest absolute Gasteiger partial charge is 0.330 e. The first-order valence-corrected chi connectivity index (χ1v) is 9.48. The van der Waals surface area contributed by atoms with E-state index in [1.165, 1.54) is 13.0 Å². The van der Waals surface area contributed by atoms with Gasteiger partial charge in [-0.15, -0.1) is 0 Å². The molecule has 3 N–H and O–H groups in total. The molecule has 1 heterocycles. The number of rotatable bonds is 1. The predicted molar refractivity (Wildman–Crippen MR) is 54.0 cm³/mol. The highest BCUT2D eigenvalue weighted by Gasteiger charge is 2.31. The molecule has 1 fully saturated rings. The second kappa shape index (κ2) is 3.36. The minimum atomic E-state index is -1.19. The van der Waals surface area contributed by atoms with Crippen molar-refractivity contribution in [3.8, 4) is 0 Å². The zero-order chi connectivity index (χ0) is 8.48. The van der Waals surface area contributed by atoms with E-state index in [-0.39, 0.29) is 0 Å². The summed E-state index contributed by atoms with van der Waals surface area (Å²) < 4.78 is 2.57. The fourth-order valence-electron chi connectivity index (χ4n) is 1.50. The van der Waals surface area contributed by atoms with Crippen LogP contribution in [0.2, 0.25) is 19.6 Å². The van der Waals surface area contributed by atoms with Crippen LogP contribution in [0.1, 0.15) is 6.42 Å². The highest BCUT2D eigenvalue weighted by molar-refractivity contribution is 6.81. The van der Waals surface area contributed by atoms with E-state index in [4.69, 9.17) is 5.40 Å². The average Bonchev–Trinajstić information content (AvgIpc) is 1.86. The molecule has 0 aromatic rings. The molecule has 5 heteroatoms. The molecule has 0 saturated carbocycles. The molecule has 0 aliphatic carbocycles. The Morgan fingerprint density at radius 3 is 2.45 bits per heavy atom. The molecule has 1 aliphatic rings. The van der Waals surface area contributed by atoms with Crippen molar-refractivity contribution in [3.05, 3.63) is 0 Å². The van der Waals surface area contributed by atoms with Crippen LogP contribution in [0.4, 0.5) is 0 Å².